The monoisotopic (exact) mass is 232 g/mol. The minimum Gasteiger partial charge on any atom is -0.510 e. The van der Waals surface area contributed by atoms with Crippen molar-refractivity contribution < 1.29 is 19.0 Å². The lowest BCUT2D eigenvalue weighted by Gasteiger charge is -2.19. The highest BCUT2D eigenvalue weighted by Gasteiger charge is 2.41. The van der Waals surface area contributed by atoms with Crippen molar-refractivity contribution in [3.63, 3.8) is 0 Å². The summed E-state index contributed by atoms with van der Waals surface area (Å²) in [6.45, 7) is 4.84. The van der Waals surface area contributed by atoms with Crippen LogP contribution in [0.4, 0.5) is 14.1 Å². The smallest absolute Gasteiger partial charge is 0.510 e. The normalized spacial score (nSPS) is 28.5. The molecule has 7 heteroatoms. The highest BCUT2D eigenvalue weighted by molar-refractivity contribution is 6.50. The first-order chi connectivity index (χ1) is 6.25. The summed E-state index contributed by atoms with van der Waals surface area (Å²) in [5.74, 6) is 0. The molecule has 0 saturated carbocycles. The van der Waals surface area contributed by atoms with Crippen molar-refractivity contribution in [3.05, 3.63) is 0 Å². The average Bonchev–Trinajstić information content (AvgIpc) is 2.27. The van der Waals surface area contributed by atoms with E-state index in [4.69, 9.17) is 0 Å². The van der Waals surface area contributed by atoms with Crippen LogP contribution in [0, 0.1) is 0 Å². The van der Waals surface area contributed by atoms with E-state index in [2.05, 4.69) is 25.9 Å². The average molecular weight is 232 g/mol. The Morgan fingerprint density at radius 3 is 1.93 bits per heavy atom. The van der Waals surface area contributed by atoms with Crippen LogP contribution < -0.4 is 4.90 Å². The zero-order chi connectivity index (χ0) is 11.4. The topological polar surface area (TPSA) is 7.68 Å². The molecule has 2 atom stereocenters. The molecule has 1 N–H and O–H groups in total. The van der Waals surface area contributed by atoms with Crippen molar-refractivity contribution in [1.29, 1.82) is 0 Å². The van der Waals surface area contributed by atoms with Gasteiger partial charge in [-0.15, -0.1) is 0 Å². The van der Waals surface area contributed by atoms with E-state index in [1.54, 1.807) is 4.90 Å². The van der Waals surface area contributed by atoms with Crippen LogP contribution in [0.2, 0.25) is 0 Å². The number of likely N-dealkylation sites (N-methyl/N-ethyl adjacent to an activating group) is 2. The number of quaternary nitrogens is 1. The molecule has 2 nitrogen and oxygen atoms in total. The van der Waals surface area contributed by atoms with Crippen LogP contribution in [0.1, 0.15) is 13.3 Å². The Labute approximate surface area is 86.1 Å². The van der Waals surface area contributed by atoms with Gasteiger partial charge in [0.1, 0.15) is 6.17 Å². The van der Waals surface area contributed by atoms with Crippen molar-refractivity contribution in [2.45, 2.75) is 19.5 Å². The molecular weight excluding hydrogens is 215 g/mol. The number of hydrogen-bond donors (Lipinski definition) is 1. The standard InChI is InChI=1S/C7H16N2.Al.4FH/c1-4-7-8(2)5-6-9(7)3;;;;;/h7H,4-6H2,1-3H3;;4*1H/q;+3;;;;/p-3. The van der Waals surface area contributed by atoms with Gasteiger partial charge in [-0.05, 0) is 7.05 Å². The van der Waals surface area contributed by atoms with Crippen LogP contribution in [-0.2, 0) is 0 Å². The van der Waals surface area contributed by atoms with Crippen LogP contribution in [-0.4, -0.2) is 53.2 Å². The first kappa shape index (κ1) is 14.2. The summed E-state index contributed by atoms with van der Waals surface area (Å²) in [6, 6.07) is 0. The van der Waals surface area contributed by atoms with Crippen LogP contribution >= 0.6 is 0 Å². The lowest BCUT2D eigenvalue weighted by Crippen LogP contribution is -3.11. The third-order valence-corrected chi connectivity index (χ3v) is 2.35. The Morgan fingerprint density at radius 1 is 1.36 bits per heavy atom. The molecular formula is C7H17AlF4N2. The van der Waals surface area contributed by atoms with Crippen LogP contribution in [0.5, 0.6) is 0 Å². The minimum atomic E-state index is -6.83. The maximum absolute atomic E-state index is 9.85. The molecule has 0 bridgehead atoms. The summed E-state index contributed by atoms with van der Waals surface area (Å²) < 4.78 is 39.4. The molecule has 1 aliphatic heterocycles. The molecule has 1 rings (SSSR count). The van der Waals surface area contributed by atoms with Gasteiger partial charge in [-0.2, -0.15) is 0 Å². The molecule has 86 valence electrons. The molecule has 0 aromatic carbocycles. The summed E-state index contributed by atoms with van der Waals surface area (Å²) in [5.41, 5.74) is 0. The van der Waals surface area contributed by atoms with Gasteiger partial charge >= 0.3 is 14.9 Å². The summed E-state index contributed by atoms with van der Waals surface area (Å²) in [6.07, 6.45) is 2.06. The molecule has 0 spiro atoms. The number of halogens is 4. The predicted octanol–water partition coefficient (Wildman–Crippen LogP) is 0.483. The SMILES string of the molecule is CCC1N(C)CC[NH+]1C.[F][Al-]([F])([F])[F]. The summed E-state index contributed by atoms with van der Waals surface area (Å²) in [4.78, 5) is 4.11. The third-order valence-electron chi connectivity index (χ3n) is 2.35. The highest BCUT2D eigenvalue weighted by atomic mass is 27.5. The number of nitrogens with one attached hydrogen (secondary N) is 1. The molecule has 0 aromatic rings. The first-order valence-corrected chi connectivity index (χ1v) is 6.40. The van der Waals surface area contributed by atoms with Gasteiger partial charge in [0.2, 0.25) is 0 Å². The molecule has 1 aliphatic rings. The molecule has 1 saturated heterocycles. The lowest BCUT2D eigenvalue weighted by atomic mass is 10.3. The quantitative estimate of drug-likeness (QED) is 0.510. The Bertz CT molecular complexity index is 148. The van der Waals surface area contributed by atoms with Gasteiger partial charge in [0.15, 0.2) is 0 Å². The Hall–Kier alpha value is 0.172. The maximum Gasteiger partial charge on any atom is 1.04 e. The highest BCUT2D eigenvalue weighted by Crippen LogP contribution is 2.06. The largest absolute Gasteiger partial charge is 1.04 e. The fourth-order valence-electron chi connectivity index (χ4n) is 1.71. The van der Waals surface area contributed by atoms with E-state index in [-0.39, 0.29) is 0 Å². The zero-order valence-corrected chi connectivity index (χ0v) is 9.89. The summed E-state index contributed by atoms with van der Waals surface area (Å²) in [5, 5.41) is 0. The van der Waals surface area contributed by atoms with Crippen molar-refractivity contribution >= 4 is 14.9 Å². The Balaban J connectivity index is 0.000000292. The molecule has 1 heterocycles. The number of nitrogens with zero attached hydrogens (tertiary/aromatic N) is 1. The second-order valence-electron chi connectivity index (χ2n) is 3.50. The van der Waals surface area contributed by atoms with Gasteiger partial charge < -0.3 is 19.0 Å². The zero-order valence-electron chi connectivity index (χ0n) is 8.74. The predicted molar refractivity (Wildman–Crippen MR) is 48.6 cm³/mol. The summed E-state index contributed by atoms with van der Waals surface area (Å²) >= 11 is -6.83. The van der Waals surface area contributed by atoms with Gasteiger partial charge in [0.05, 0.1) is 20.1 Å². The molecule has 1 fully saturated rings. The van der Waals surface area contributed by atoms with E-state index in [0.29, 0.717) is 0 Å². The Morgan fingerprint density at radius 2 is 1.79 bits per heavy atom. The molecule has 0 amide bonds. The van der Waals surface area contributed by atoms with Crippen molar-refractivity contribution in [3.8, 4) is 0 Å². The van der Waals surface area contributed by atoms with E-state index in [9.17, 15) is 14.1 Å². The fourth-order valence-corrected chi connectivity index (χ4v) is 1.71. The molecule has 0 radical (unpaired) electrons. The van der Waals surface area contributed by atoms with Gasteiger partial charge in [0, 0.05) is 6.42 Å². The van der Waals surface area contributed by atoms with E-state index in [1.807, 2.05) is 0 Å². The molecule has 14 heavy (non-hydrogen) atoms. The lowest BCUT2D eigenvalue weighted by molar-refractivity contribution is -0.898. The van der Waals surface area contributed by atoms with E-state index < -0.39 is 14.9 Å². The van der Waals surface area contributed by atoms with Crippen LogP contribution in [0.15, 0.2) is 0 Å². The van der Waals surface area contributed by atoms with Crippen LogP contribution in [0.25, 0.3) is 0 Å². The van der Waals surface area contributed by atoms with E-state index >= 15 is 0 Å². The first-order valence-electron chi connectivity index (χ1n) is 4.65. The van der Waals surface area contributed by atoms with Crippen LogP contribution in [0.3, 0.4) is 0 Å². The van der Waals surface area contributed by atoms with E-state index in [0.717, 1.165) is 6.17 Å². The molecule has 2 unspecified atom stereocenters. The molecule has 0 aliphatic carbocycles. The third kappa shape index (κ3) is 6.60. The second-order valence-corrected chi connectivity index (χ2v) is 4.49. The van der Waals surface area contributed by atoms with E-state index in [1.165, 1.54) is 19.5 Å². The summed E-state index contributed by atoms with van der Waals surface area (Å²) in [7, 11) is 4.49. The minimum absolute atomic E-state index is 0.782. The van der Waals surface area contributed by atoms with Crippen molar-refractivity contribution in [2.24, 2.45) is 0 Å². The van der Waals surface area contributed by atoms with Crippen molar-refractivity contribution in [1.82, 2.24) is 4.90 Å². The second kappa shape index (κ2) is 5.91. The molecule has 0 aromatic heterocycles. The fraction of sp³-hybridized carbons (Fsp3) is 1.00. The number of rotatable bonds is 1. The van der Waals surface area contributed by atoms with Gasteiger partial charge in [-0.25, -0.2) is 0 Å². The maximum atomic E-state index is 9.85. The van der Waals surface area contributed by atoms with Gasteiger partial charge in [-0.1, -0.05) is 6.92 Å². The van der Waals surface area contributed by atoms with Gasteiger partial charge in [-0.3, -0.25) is 4.90 Å². The number of hydrogen-bond acceptors (Lipinski definition) is 1. The van der Waals surface area contributed by atoms with Crippen molar-refractivity contribution in [2.75, 3.05) is 27.2 Å². The van der Waals surface area contributed by atoms with Gasteiger partial charge in [0.25, 0.3) is 0 Å². The Kier molecular flexibility index (Phi) is 5.98.